The average Bonchev–Trinajstić information content (AvgIpc) is 2.64. The Kier molecular flexibility index (Phi) is 2.99. The first-order valence-electron chi connectivity index (χ1n) is 5.88. The molecule has 0 amide bonds. The van der Waals surface area contributed by atoms with E-state index in [-0.39, 0.29) is 5.78 Å². The first kappa shape index (κ1) is 12.8. The molecule has 1 aromatic carbocycles. The summed E-state index contributed by atoms with van der Waals surface area (Å²) in [6.07, 6.45) is -1.13. The van der Waals surface area contributed by atoms with Gasteiger partial charge in [0.1, 0.15) is 11.6 Å². The van der Waals surface area contributed by atoms with E-state index in [0.29, 0.717) is 17.0 Å². The summed E-state index contributed by atoms with van der Waals surface area (Å²) >= 11 is 0. The number of carbonyl (C=O) groups excluding carboxylic acids is 1. The summed E-state index contributed by atoms with van der Waals surface area (Å²) in [6.45, 7) is 7.12. The Morgan fingerprint density at radius 3 is 2.67 bits per heavy atom. The standard InChI is InChI=1S/C14H17NO3/c1-8-15-10-6-5-9(7-11(10)18-8)12(16)13(17)14(2,3)4/h5-7,12,16H,1-4H3. The minimum Gasteiger partial charge on any atom is -0.441 e. The molecular weight excluding hydrogens is 230 g/mol. The van der Waals surface area contributed by atoms with Crippen LogP contribution >= 0.6 is 0 Å². The van der Waals surface area contributed by atoms with Gasteiger partial charge in [0.05, 0.1) is 0 Å². The molecule has 0 aliphatic carbocycles. The number of aromatic nitrogens is 1. The van der Waals surface area contributed by atoms with Crippen LogP contribution in [0, 0.1) is 12.3 Å². The van der Waals surface area contributed by atoms with Crippen molar-refractivity contribution in [3.05, 3.63) is 29.7 Å². The van der Waals surface area contributed by atoms with Crippen LogP contribution in [-0.2, 0) is 4.79 Å². The molecule has 18 heavy (non-hydrogen) atoms. The molecular formula is C14H17NO3. The first-order chi connectivity index (χ1) is 8.29. The summed E-state index contributed by atoms with van der Waals surface area (Å²) in [4.78, 5) is 16.2. The highest BCUT2D eigenvalue weighted by Gasteiger charge is 2.29. The summed E-state index contributed by atoms with van der Waals surface area (Å²) < 4.78 is 5.39. The smallest absolute Gasteiger partial charge is 0.192 e. The van der Waals surface area contributed by atoms with E-state index in [1.54, 1.807) is 45.9 Å². The molecule has 1 N–H and O–H groups in total. The number of aliphatic hydroxyl groups excluding tert-OH is 1. The molecule has 0 saturated heterocycles. The second-order valence-corrected chi connectivity index (χ2v) is 5.48. The second kappa shape index (κ2) is 4.21. The topological polar surface area (TPSA) is 63.3 Å². The molecule has 0 fully saturated rings. The number of rotatable bonds is 2. The SMILES string of the molecule is Cc1nc2ccc(C(O)C(=O)C(C)(C)C)cc2o1. The van der Waals surface area contributed by atoms with E-state index in [9.17, 15) is 9.90 Å². The van der Waals surface area contributed by atoms with E-state index in [1.165, 1.54) is 0 Å². The fraction of sp³-hybridized carbons (Fsp3) is 0.429. The van der Waals surface area contributed by atoms with Crippen molar-refractivity contribution in [2.45, 2.75) is 33.8 Å². The molecule has 0 aliphatic heterocycles. The van der Waals surface area contributed by atoms with Crippen LogP contribution < -0.4 is 0 Å². The third kappa shape index (κ3) is 2.29. The molecule has 0 radical (unpaired) electrons. The summed E-state index contributed by atoms with van der Waals surface area (Å²) in [5.74, 6) is 0.358. The summed E-state index contributed by atoms with van der Waals surface area (Å²) in [5.41, 5.74) is 1.28. The van der Waals surface area contributed by atoms with E-state index in [4.69, 9.17) is 4.42 Å². The van der Waals surface area contributed by atoms with Gasteiger partial charge in [-0.2, -0.15) is 0 Å². The third-order valence-electron chi connectivity index (χ3n) is 2.82. The van der Waals surface area contributed by atoms with Crippen molar-refractivity contribution in [2.24, 2.45) is 5.41 Å². The van der Waals surface area contributed by atoms with Gasteiger partial charge in [-0.25, -0.2) is 4.98 Å². The van der Waals surface area contributed by atoms with Gasteiger partial charge in [-0.1, -0.05) is 26.8 Å². The van der Waals surface area contributed by atoms with Crippen LogP contribution in [0.2, 0.25) is 0 Å². The molecule has 1 atom stereocenters. The fourth-order valence-corrected chi connectivity index (χ4v) is 1.79. The summed E-state index contributed by atoms with van der Waals surface area (Å²) in [6, 6.07) is 5.13. The number of aliphatic hydroxyl groups is 1. The number of oxazole rings is 1. The molecule has 0 saturated carbocycles. The maximum absolute atomic E-state index is 12.0. The maximum Gasteiger partial charge on any atom is 0.192 e. The molecule has 1 heterocycles. The minimum absolute atomic E-state index is 0.210. The molecule has 0 spiro atoms. The Bertz CT molecular complexity index is 593. The largest absolute Gasteiger partial charge is 0.441 e. The van der Waals surface area contributed by atoms with Crippen molar-refractivity contribution >= 4 is 16.9 Å². The van der Waals surface area contributed by atoms with E-state index in [2.05, 4.69) is 4.98 Å². The number of hydrogen-bond donors (Lipinski definition) is 1. The Morgan fingerprint density at radius 1 is 1.39 bits per heavy atom. The quantitative estimate of drug-likeness (QED) is 0.886. The number of aryl methyl sites for hydroxylation is 1. The number of carbonyl (C=O) groups is 1. The van der Waals surface area contributed by atoms with Gasteiger partial charge in [0.2, 0.25) is 0 Å². The van der Waals surface area contributed by atoms with Gasteiger partial charge in [0.25, 0.3) is 0 Å². The normalized spacial score (nSPS) is 13.8. The molecule has 1 unspecified atom stereocenters. The molecule has 0 bridgehead atoms. The van der Waals surface area contributed by atoms with E-state index in [1.807, 2.05) is 0 Å². The van der Waals surface area contributed by atoms with E-state index < -0.39 is 11.5 Å². The lowest BCUT2D eigenvalue weighted by Gasteiger charge is -2.20. The zero-order valence-corrected chi connectivity index (χ0v) is 11.0. The zero-order valence-electron chi connectivity index (χ0n) is 11.0. The maximum atomic E-state index is 12.0. The third-order valence-corrected chi connectivity index (χ3v) is 2.82. The van der Waals surface area contributed by atoms with Crippen molar-refractivity contribution in [1.29, 1.82) is 0 Å². The molecule has 4 heteroatoms. The van der Waals surface area contributed by atoms with Crippen LogP contribution in [0.1, 0.15) is 38.3 Å². The van der Waals surface area contributed by atoms with Crippen molar-refractivity contribution in [3.8, 4) is 0 Å². The van der Waals surface area contributed by atoms with Crippen LogP contribution in [0.4, 0.5) is 0 Å². The predicted molar refractivity (Wildman–Crippen MR) is 68.2 cm³/mol. The van der Waals surface area contributed by atoms with Crippen LogP contribution in [-0.4, -0.2) is 15.9 Å². The van der Waals surface area contributed by atoms with Gasteiger partial charge in [-0.3, -0.25) is 4.79 Å². The van der Waals surface area contributed by atoms with Crippen LogP contribution in [0.5, 0.6) is 0 Å². The number of ketones is 1. The van der Waals surface area contributed by atoms with Crippen LogP contribution in [0.3, 0.4) is 0 Å². The monoisotopic (exact) mass is 247 g/mol. The number of fused-ring (bicyclic) bond motifs is 1. The Hall–Kier alpha value is -1.68. The van der Waals surface area contributed by atoms with Gasteiger partial charge >= 0.3 is 0 Å². The minimum atomic E-state index is -1.13. The highest BCUT2D eigenvalue weighted by Crippen LogP contribution is 2.27. The lowest BCUT2D eigenvalue weighted by Crippen LogP contribution is -2.26. The summed E-state index contributed by atoms with van der Waals surface area (Å²) in [7, 11) is 0. The van der Waals surface area contributed by atoms with Gasteiger partial charge in [0.15, 0.2) is 17.3 Å². The first-order valence-corrected chi connectivity index (χ1v) is 5.88. The number of hydrogen-bond acceptors (Lipinski definition) is 4. The van der Waals surface area contributed by atoms with Crippen LogP contribution in [0.25, 0.3) is 11.1 Å². The Labute approximate surface area is 106 Å². The van der Waals surface area contributed by atoms with Crippen LogP contribution in [0.15, 0.2) is 22.6 Å². The lowest BCUT2D eigenvalue weighted by molar-refractivity contribution is -0.135. The molecule has 2 aromatic rings. The summed E-state index contributed by atoms with van der Waals surface area (Å²) in [5, 5.41) is 10.1. The fourth-order valence-electron chi connectivity index (χ4n) is 1.79. The Balaban J connectivity index is 2.39. The highest BCUT2D eigenvalue weighted by molar-refractivity contribution is 5.89. The number of benzene rings is 1. The van der Waals surface area contributed by atoms with Gasteiger partial charge in [0, 0.05) is 12.3 Å². The molecule has 2 rings (SSSR count). The predicted octanol–water partition coefficient (Wildman–Crippen LogP) is 2.78. The van der Waals surface area contributed by atoms with Crippen molar-refractivity contribution in [1.82, 2.24) is 4.98 Å². The molecule has 0 aliphatic rings. The van der Waals surface area contributed by atoms with Gasteiger partial charge in [-0.15, -0.1) is 0 Å². The molecule has 1 aromatic heterocycles. The Morgan fingerprint density at radius 2 is 2.06 bits per heavy atom. The molecule has 96 valence electrons. The lowest BCUT2D eigenvalue weighted by atomic mass is 9.85. The highest BCUT2D eigenvalue weighted by atomic mass is 16.3. The number of nitrogens with zero attached hydrogens (tertiary/aromatic N) is 1. The van der Waals surface area contributed by atoms with Gasteiger partial charge in [-0.05, 0) is 17.7 Å². The van der Waals surface area contributed by atoms with E-state index >= 15 is 0 Å². The van der Waals surface area contributed by atoms with Crippen molar-refractivity contribution < 1.29 is 14.3 Å². The average molecular weight is 247 g/mol. The van der Waals surface area contributed by atoms with E-state index in [0.717, 1.165) is 5.52 Å². The van der Waals surface area contributed by atoms with Crippen molar-refractivity contribution in [3.63, 3.8) is 0 Å². The zero-order chi connectivity index (χ0) is 13.5. The van der Waals surface area contributed by atoms with Crippen molar-refractivity contribution in [2.75, 3.05) is 0 Å². The number of Topliss-reactive ketones (excluding diaryl/α,β-unsaturated/α-hetero) is 1. The second-order valence-electron chi connectivity index (χ2n) is 5.48. The van der Waals surface area contributed by atoms with Gasteiger partial charge < -0.3 is 9.52 Å². The molecule has 4 nitrogen and oxygen atoms in total.